The van der Waals surface area contributed by atoms with Crippen LogP contribution in [0.25, 0.3) is 0 Å². The van der Waals surface area contributed by atoms with Gasteiger partial charge in [0.1, 0.15) is 5.75 Å². The molecule has 1 aliphatic heterocycles. The van der Waals surface area contributed by atoms with Crippen molar-refractivity contribution in [3.05, 3.63) is 29.3 Å². The summed E-state index contributed by atoms with van der Waals surface area (Å²) in [4.78, 5) is 0. The van der Waals surface area contributed by atoms with Gasteiger partial charge in [-0.25, -0.2) is 0 Å². The second-order valence-corrected chi connectivity index (χ2v) is 4.57. The van der Waals surface area contributed by atoms with Gasteiger partial charge in [-0.3, -0.25) is 0 Å². The Hall–Kier alpha value is -1.06. The first kappa shape index (κ1) is 12.4. The van der Waals surface area contributed by atoms with Gasteiger partial charge < -0.3 is 14.8 Å². The lowest BCUT2D eigenvalue weighted by molar-refractivity contribution is 0.183. The van der Waals surface area contributed by atoms with Gasteiger partial charge in [-0.1, -0.05) is 6.07 Å². The zero-order valence-corrected chi connectivity index (χ0v) is 10.7. The van der Waals surface area contributed by atoms with Crippen molar-refractivity contribution in [1.29, 1.82) is 0 Å². The third-order valence-corrected chi connectivity index (χ3v) is 3.34. The lowest BCUT2D eigenvalue weighted by Crippen LogP contribution is -2.24. The maximum atomic E-state index is 5.26. The van der Waals surface area contributed by atoms with Crippen LogP contribution in [-0.2, 0) is 17.8 Å². The lowest BCUT2D eigenvalue weighted by Gasteiger charge is -2.15. The Morgan fingerprint density at radius 1 is 1.29 bits per heavy atom. The number of methoxy groups -OCH3 is 2. The molecule has 0 amide bonds. The molecule has 0 aromatic heterocycles. The summed E-state index contributed by atoms with van der Waals surface area (Å²) in [6.45, 7) is 1.81. The van der Waals surface area contributed by atoms with E-state index in [0.29, 0.717) is 12.6 Å². The molecule has 0 radical (unpaired) electrons. The van der Waals surface area contributed by atoms with Gasteiger partial charge in [-0.15, -0.1) is 0 Å². The van der Waals surface area contributed by atoms with Crippen molar-refractivity contribution in [2.24, 2.45) is 0 Å². The molecule has 3 nitrogen and oxygen atoms in total. The monoisotopic (exact) mass is 235 g/mol. The highest BCUT2D eigenvalue weighted by Crippen LogP contribution is 2.21. The highest BCUT2D eigenvalue weighted by atomic mass is 16.5. The molecule has 1 fully saturated rings. The molecule has 1 saturated heterocycles. The van der Waals surface area contributed by atoms with E-state index in [1.807, 2.05) is 6.07 Å². The normalized spacial score (nSPS) is 19.5. The predicted octanol–water partition coefficient (Wildman–Crippen LogP) is 2.14. The minimum absolute atomic E-state index is 0.624. The van der Waals surface area contributed by atoms with Crippen molar-refractivity contribution in [2.45, 2.75) is 31.9 Å². The zero-order valence-electron chi connectivity index (χ0n) is 10.7. The summed E-state index contributed by atoms with van der Waals surface area (Å²) >= 11 is 0. The molecule has 0 aliphatic carbocycles. The van der Waals surface area contributed by atoms with Crippen molar-refractivity contribution in [1.82, 2.24) is 5.32 Å². The largest absolute Gasteiger partial charge is 0.497 e. The van der Waals surface area contributed by atoms with Crippen LogP contribution in [0.1, 0.15) is 24.0 Å². The van der Waals surface area contributed by atoms with Crippen LogP contribution < -0.4 is 10.1 Å². The van der Waals surface area contributed by atoms with Crippen molar-refractivity contribution >= 4 is 0 Å². The molecule has 1 heterocycles. The maximum Gasteiger partial charge on any atom is 0.119 e. The van der Waals surface area contributed by atoms with Crippen LogP contribution in [0.4, 0.5) is 0 Å². The Balaban J connectivity index is 2.12. The molecule has 0 bridgehead atoms. The summed E-state index contributed by atoms with van der Waals surface area (Å²) in [5, 5.41) is 3.53. The first-order valence-corrected chi connectivity index (χ1v) is 6.21. The van der Waals surface area contributed by atoms with E-state index in [9.17, 15) is 0 Å². The van der Waals surface area contributed by atoms with E-state index >= 15 is 0 Å². The quantitative estimate of drug-likeness (QED) is 0.848. The Morgan fingerprint density at radius 2 is 2.18 bits per heavy atom. The zero-order chi connectivity index (χ0) is 12.1. The highest BCUT2D eigenvalue weighted by Gasteiger charge is 2.16. The van der Waals surface area contributed by atoms with Crippen LogP contribution in [0.5, 0.6) is 5.75 Å². The maximum absolute atomic E-state index is 5.26. The van der Waals surface area contributed by atoms with Gasteiger partial charge in [0.15, 0.2) is 0 Å². The van der Waals surface area contributed by atoms with E-state index in [1.165, 1.54) is 24.0 Å². The van der Waals surface area contributed by atoms with Gasteiger partial charge >= 0.3 is 0 Å². The van der Waals surface area contributed by atoms with Crippen LogP contribution in [0, 0.1) is 0 Å². The minimum Gasteiger partial charge on any atom is -0.497 e. The molecule has 1 unspecified atom stereocenters. The van der Waals surface area contributed by atoms with Crippen molar-refractivity contribution in [2.75, 3.05) is 20.8 Å². The van der Waals surface area contributed by atoms with E-state index in [4.69, 9.17) is 9.47 Å². The van der Waals surface area contributed by atoms with Gasteiger partial charge in [0, 0.05) is 13.2 Å². The van der Waals surface area contributed by atoms with Crippen molar-refractivity contribution in [3.8, 4) is 5.75 Å². The molecule has 0 spiro atoms. The van der Waals surface area contributed by atoms with Gasteiger partial charge in [0.25, 0.3) is 0 Å². The third kappa shape index (κ3) is 3.20. The van der Waals surface area contributed by atoms with Crippen LogP contribution in [0.3, 0.4) is 0 Å². The van der Waals surface area contributed by atoms with E-state index in [-0.39, 0.29) is 0 Å². The van der Waals surface area contributed by atoms with Crippen molar-refractivity contribution < 1.29 is 9.47 Å². The summed E-state index contributed by atoms with van der Waals surface area (Å²) in [5.41, 5.74) is 2.60. The third-order valence-electron chi connectivity index (χ3n) is 3.34. The van der Waals surface area contributed by atoms with Gasteiger partial charge in [0.05, 0.1) is 13.7 Å². The molecule has 2 rings (SSSR count). The summed E-state index contributed by atoms with van der Waals surface area (Å²) in [6, 6.07) is 6.89. The van der Waals surface area contributed by atoms with Crippen LogP contribution in [0.15, 0.2) is 18.2 Å². The lowest BCUT2D eigenvalue weighted by atomic mass is 9.99. The Bertz CT molecular complexity index is 359. The molecule has 17 heavy (non-hydrogen) atoms. The number of hydrogen-bond acceptors (Lipinski definition) is 3. The van der Waals surface area contributed by atoms with E-state index in [0.717, 1.165) is 18.7 Å². The smallest absolute Gasteiger partial charge is 0.119 e. The molecular weight excluding hydrogens is 214 g/mol. The second kappa shape index (κ2) is 6.03. The Kier molecular flexibility index (Phi) is 4.40. The van der Waals surface area contributed by atoms with E-state index in [2.05, 4.69) is 17.4 Å². The Labute approximate surface area is 103 Å². The molecule has 1 aromatic carbocycles. The summed E-state index contributed by atoms with van der Waals surface area (Å²) in [5.74, 6) is 0.903. The van der Waals surface area contributed by atoms with Crippen LogP contribution in [-0.4, -0.2) is 26.8 Å². The number of ether oxygens (including phenoxy) is 2. The number of hydrogen-bond donors (Lipinski definition) is 1. The van der Waals surface area contributed by atoms with Crippen molar-refractivity contribution in [3.63, 3.8) is 0 Å². The first-order valence-electron chi connectivity index (χ1n) is 6.21. The highest BCUT2D eigenvalue weighted by molar-refractivity contribution is 5.36. The number of rotatable bonds is 5. The molecule has 1 aromatic rings. The standard InChI is InChI=1S/C14H21NO2/c1-16-10-12-9-14(17-2)6-5-11(12)8-13-4-3-7-15-13/h5-6,9,13,15H,3-4,7-8,10H2,1-2H3. The average molecular weight is 235 g/mol. The fraction of sp³-hybridized carbons (Fsp3) is 0.571. The molecule has 94 valence electrons. The van der Waals surface area contributed by atoms with Crippen LogP contribution in [0.2, 0.25) is 0 Å². The fourth-order valence-electron chi connectivity index (χ4n) is 2.41. The average Bonchev–Trinajstić information content (AvgIpc) is 2.84. The second-order valence-electron chi connectivity index (χ2n) is 4.57. The molecule has 1 atom stereocenters. The molecule has 0 saturated carbocycles. The summed E-state index contributed by atoms with van der Waals surface area (Å²) < 4.78 is 10.5. The number of benzene rings is 1. The van der Waals surface area contributed by atoms with Gasteiger partial charge in [-0.2, -0.15) is 0 Å². The topological polar surface area (TPSA) is 30.5 Å². The fourth-order valence-corrected chi connectivity index (χ4v) is 2.41. The summed E-state index contributed by atoms with van der Waals surface area (Å²) in [6.07, 6.45) is 3.65. The molecule has 3 heteroatoms. The van der Waals surface area contributed by atoms with E-state index < -0.39 is 0 Å². The predicted molar refractivity (Wildman–Crippen MR) is 68.4 cm³/mol. The molecule has 1 N–H and O–H groups in total. The number of nitrogens with one attached hydrogen (secondary N) is 1. The SMILES string of the molecule is COCc1cc(OC)ccc1CC1CCCN1. The van der Waals surface area contributed by atoms with Gasteiger partial charge in [-0.05, 0) is 49.1 Å². The van der Waals surface area contributed by atoms with Crippen LogP contribution >= 0.6 is 0 Å². The molecule has 1 aliphatic rings. The molecular formula is C14H21NO2. The van der Waals surface area contributed by atoms with E-state index in [1.54, 1.807) is 14.2 Å². The van der Waals surface area contributed by atoms with Gasteiger partial charge in [0.2, 0.25) is 0 Å². The Morgan fingerprint density at radius 3 is 2.82 bits per heavy atom. The summed E-state index contributed by atoms with van der Waals surface area (Å²) in [7, 11) is 3.43. The minimum atomic E-state index is 0.624. The first-order chi connectivity index (χ1) is 8.33.